The number of carboxylic acid groups (broad SMARTS) is 1. The van der Waals surface area contributed by atoms with E-state index in [1.165, 1.54) is 10.6 Å². The van der Waals surface area contributed by atoms with E-state index < -0.39 is 5.97 Å². The molecule has 0 aliphatic heterocycles. The summed E-state index contributed by atoms with van der Waals surface area (Å²) in [6.45, 7) is 0. The Labute approximate surface area is 90.0 Å². The van der Waals surface area contributed by atoms with Crippen molar-refractivity contribution in [2.24, 2.45) is 5.84 Å². The lowest BCUT2D eigenvalue weighted by molar-refractivity contribution is 0.0691. The molecule has 0 spiro atoms. The second-order valence-corrected chi connectivity index (χ2v) is 3.13. The van der Waals surface area contributed by atoms with Crippen LogP contribution in [0.3, 0.4) is 0 Å². The van der Waals surface area contributed by atoms with Crippen molar-refractivity contribution in [3.05, 3.63) is 35.8 Å². The molecule has 2 aromatic rings. The molecule has 0 atom stereocenters. The average Bonchev–Trinajstić information content (AvgIpc) is 2.70. The van der Waals surface area contributed by atoms with E-state index in [2.05, 4.69) is 10.4 Å². The van der Waals surface area contributed by atoms with Gasteiger partial charge in [-0.25, -0.2) is 15.6 Å². The number of hydrogen-bond donors (Lipinski definition) is 4. The molecule has 0 saturated carbocycles. The first-order chi connectivity index (χ1) is 7.61. The zero-order valence-electron chi connectivity index (χ0n) is 8.14. The van der Waals surface area contributed by atoms with Crippen LogP contribution in [0.5, 0.6) is 0 Å². The van der Waals surface area contributed by atoms with E-state index >= 15 is 0 Å². The zero-order chi connectivity index (χ0) is 11.7. The molecule has 7 nitrogen and oxygen atoms in total. The molecule has 0 aliphatic carbocycles. The maximum atomic E-state index is 10.7. The van der Waals surface area contributed by atoms with Gasteiger partial charge in [0.15, 0.2) is 5.69 Å². The molecule has 0 aliphatic rings. The van der Waals surface area contributed by atoms with E-state index in [0.717, 1.165) is 0 Å². The van der Waals surface area contributed by atoms with Gasteiger partial charge in [-0.3, -0.25) is 5.41 Å². The van der Waals surface area contributed by atoms with Crippen LogP contribution in [0, 0.1) is 5.41 Å². The number of carboxylic acids is 1. The SMILES string of the molecule is N=C(NN)c1ccc2nc(C(=O)O)cn2c1. The Kier molecular flexibility index (Phi) is 2.29. The molecule has 82 valence electrons. The molecule has 0 amide bonds. The number of hydrogen-bond acceptors (Lipinski definition) is 4. The Morgan fingerprint density at radius 3 is 2.88 bits per heavy atom. The van der Waals surface area contributed by atoms with E-state index in [1.807, 2.05) is 0 Å². The van der Waals surface area contributed by atoms with Gasteiger partial charge in [-0.2, -0.15) is 0 Å². The molecule has 2 rings (SSSR count). The van der Waals surface area contributed by atoms with E-state index in [-0.39, 0.29) is 11.5 Å². The number of carbonyl (C=O) groups is 1. The number of fused-ring (bicyclic) bond motifs is 1. The number of rotatable bonds is 2. The van der Waals surface area contributed by atoms with Crippen molar-refractivity contribution < 1.29 is 9.90 Å². The van der Waals surface area contributed by atoms with Gasteiger partial charge in [0.1, 0.15) is 11.5 Å². The second kappa shape index (κ2) is 3.63. The molecule has 0 bridgehead atoms. The monoisotopic (exact) mass is 219 g/mol. The van der Waals surface area contributed by atoms with Crippen LogP contribution in [0.15, 0.2) is 24.5 Å². The maximum absolute atomic E-state index is 10.7. The lowest BCUT2D eigenvalue weighted by Gasteiger charge is -2.02. The van der Waals surface area contributed by atoms with Crippen molar-refractivity contribution in [1.29, 1.82) is 5.41 Å². The summed E-state index contributed by atoms with van der Waals surface area (Å²) < 4.78 is 1.53. The lowest BCUT2D eigenvalue weighted by atomic mass is 10.2. The first kappa shape index (κ1) is 10.1. The molecule has 2 aromatic heterocycles. The Morgan fingerprint density at radius 1 is 1.50 bits per heavy atom. The number of nitrogens with one attached hydrogen (secondary N) is 2. The molecule has 5 N–H and O–H groups in total. The second-order valence-electron chi connectivity index (χ2n) is 3.13. The Morgan fingerprint density at radius 2 is 2.25 bits per heavy atom. The fourth-order valence-corrected chi connectivity index (χ4v) is 1.33. The number of hydrazine groups is 1. The van der Waals surface area contributed by atoms with Crippen LogP contribution >= 0.6 is 0 Å². The number of nitrogens with zero attached hydrogens (tertiary/aromatic N) is 2. The fraction of sp³-hybridized carbons (Fsp3) is 0. The normalized spacial score (nSPS) is 10.3. The van der Waals surface area contributed by atoms with Gasteiger partial charge in [0.2, 0.25) is 0 Å². The minimum Gasteiger partial charge on any atom is -0.476 e. The first-order valence-corrected chi connectivity index (χ1v) is 4.39. The van der Waals surface area contributed by atoms with Crippen LogP contribution < -0.4 is 11.3 Å². The Hall–Kier alpha value is -2.41. The van der Waals surface area contributed by atoms with E-state index in [9.17, 15) is 4.79 Å². The van der Waals surface area contributed by atoms with E-state index in [1.54, 1.807) is 18.3 Å². The smallest absolute Gasteiger partial charge is 0.356 e. The highest BCUT2D eigenvalue weighted by Gasteiger charge is 2.09. The quantitative estimate of drug-likeness (QED) is 0.242. The molecule has 7 heteroatoms. The molecule has 16 heavy (non-hydrogen) atoms. The summed E-state index contributed by atoms with van der Waals surface area (Å²) in [5.74, 6) is 4.07. The summed E-state index contributed by atoms with van der Waals surface area (Å²) in [5, 5.41) is 16.2. The number of nitrogens with two attached hydrogens (primary N) is 1. The van der Waals surface area contributed by atoms with Gasteiger partial charge in [0.25, 0.3) is 0 Å². The molecular weight excluding hydrogens is 210 g/mol. The third kappa shape index (κ3) is 1.59. The number of aromatic carboxylic acids is 1. The summed E-state index contributed by atoms with van der Waals surface area (Å²) in [4.78, 5) is 14.6. The van der Waals surface area contributed by atoms with Gasteiger partial charge in [-0.05, 0) is 12.1 Å². The number of aromatic nitrogens is 2. The number of amidine groups is 1. The van der Waals surface area contributed by atoms with Crippen LogP contribution in [0.2, 0.25) is 0 Å². The van der Waals surface area contributed by atoms with Crippen molar-refractivity contribution in [1.82, 2.24) is 14.8 Å². The zero-order valence-corrected chi connectivity index (χ0v) is 8.14. The first-order valence-electron chi connectivity index (χ1n) is 4.39. The molecule has 0 aromatic carbocycles. The van der Waals surface area contributed by atoms with Crippen LogP contribution in [-0.2, 0) is 0 Å². The van der Waals surface area contributed by atoms with Crippen molar-refractivity contribution in [3.63, 3.8) is 0 Å². The molecule has 0 unspecified atom stereocenters. The van der Waals surface area contributed by atoms with Crippen LogP contribution in [0.4, 0.5) is 0 Å². The van der Waals surface area contributed by atoms with Crippen molar-refractivity contribution >= 4 is 17.5 Å². The summed E-state index contributed by atoms with van der Waals surface area (Å²) in [7, 11) is 0. The van der Waals surface area contributed by atoms with Gasteiger partial charge in [-0.1, -0.05) is 0 Å². The Bertz CT molecular complexity index is 574. The minimum atomic E-state index is -1.09. The number of imidazole rings is 1. The summed E-state index contributed by atoms with van der Waals surface area (Å²) in [6.07, 6.45) is 2.96. The standard InChI is InChI=1S/C9H9N5O2/c10-8(13-11)5-1-2-7-12-6(9(15)16)4-14(7)3-5/h1-4H,11H2,(H2,10,13)(H,15,16). The third-order valence-electron chi connectivity index (χ3n) is 2.10. The van der Waals surface area contributed by atoms with Crippen LogP contribution in [0.25, 0.3) is 5.65 Å². The molecule has 0 fully saturated rings. The highest BCUT2D eigenvalue weighted by molar-refractivity contribution is 5.96. The largest absolute Gasteiger partial charge is 0.476 e. The van der Waals surface area contributed by atoms with Crippen molar-refractivity contribution in [2.45, 2.75) is 0 Å². The summed E-state index contributed by atoms with van der Waals surface area (Å²) in [6, 6.07) is 3.25. The number of pyridine rings is 1. The van der Waals surface area contributed by atoms with Crippen LogP contribution in [0.1, 0.15) is 16.1 Å². The minimum absolute atomic E-state index is 0.0376. The van der Waals surface area contributed by atoms with Gasteiger partial charge >= 0.3 is 5.97 Å². The maximum Gasteiger partial charge on any atom is 0.356 e. The molecule has 0 radical (unpaired) electrons. The lowest BCUT2D eigenvalue weighted by Crippen LogP contribution is -2.30. The van der Waals surface area contributed by atoms with Crippen LogP contribution in [-0.4, -0.2) is 26.3 Å². The van der Waals surface area contributed by atoms with Gasteiger partial charge < -0.3 is 14.9 Å². The molecule has 0 saturated heterocycles. The van der Waals surface area contributed by atoms with E-state index in [4.69, 9.17) is 16.4 Å². The average molecular weight is 219 g/mol. The Balaban J connectivity index is 2.53. The van der Waals surface area contributed by atoms with Gasteiger partial charge in [-0.15, -0.1) is 0 Å². The van der Waals surface area contributed by atoms with Gasteiger partial charge in [0.05, 0.1) is 0 Å². The predicted octanol–water partition coefficient (Wildman–Crippen LogP) is -0.179. The van der Waals surface area contributed by atoms with E-state index in [0.29, 0.717) is 11.2 Å². The predicted molar refractivity (Wildman–Crippen MR) is 56.3 cm³/mol. The molecule has 2 heterocycles. The summed E-state index contributed by atoms with van der Waals surface area (Å²) in [5.41, 5.74) is 3.22. The highest BCUT2D eigenvalue weighted by atomic mass is 16.4. The van der Waals surface area contributed by atoms with Gasteiger partial charge in [0, 0.05) is 18.0 Å². The fourth-order valence-electron chi connectivity index (χ4n) is 1.33. The topological polar surface area (TPSA) is 117 Å². The third-order valence-corrected chi connectivity index (χ3v) is 2.10. The van der Waals surface area contributed by atoms with Crippen molar-refractivity contribution in [2.75, 3.05) is 0 Å². The van der Waals surface area contributed by atoms with Crippen molar-refractivity contribution in [3.8, 4) is 0 Å². The highest BCUT2D eigenvalue weighted by Crippen LogP contribution is 2.07. The molecular formula is C9H9N5O2. The summed E-state index contributed by atoms with van der Waals surface area (Å²) >= 11 is 0.